The van der Waals surface area contributed by atoms with Crippen LogP contribution in [0.3, 0.4) is 0 Å². The molecule has 0 aliphatic carbocycles. The Hall–Kier alpha value is -2.93. The minimum absolute atomic E-state index is 0.0728. The summed E-state index contributed by atoms with van der Waals surface area (Å²) < 4.78 is 32.5. The minimum Gasteiger partial charge on any atom is -0.388 e. The Morgan fingerprint density at radius 1 is 0.903 bits per heavy atom. The minimum atomic E-state index is -3.98. The number of hydrogen-bond donors (Lipinski definition) is 1. The number of nitrogens with zero attached hydrogens (tertiary/aromatic N) is 1. The third-order valence-corrected chi connectivity index (χ3v) is 6.79. The second-order valence-corrected chi connectivity index (χ2v) is 9.32. The Morgan fingerprint density at radius 2 is 1.61 bits per heavy atom. The van der Waals surface area contributed by atoms with E-state index >= 15 is 0 Å². The molecule has 31 heavy (non-hydrogen) atoms. The van der Waals surface area contributed by atoms with Crippen molar-refractivity contribution in [2.24, 2.45) is 0 Å². The van der Waals surface area contributed by atoms with E-state index < -0.39 is 22.3 Å². The highest BCUT2D eigenvalue weighted by Crippen LogP contribution is 2.30. The lowest BCUT2D eigenvalue weighted by Crippen LogP contribution is -2.30. The fourth-order valence-electron chi connectivity index (χ4n) is 3.83. The van der Waals surface area contributed by atoms with Gasteiger partial charge in [0.1, 0.15) is 6.10 Å². The molecule has 0 saturated carbocycles. The van der Waals surface area contributed by atoms with Crippen molar-refractivity contribution in [2.75, 3.05) is 6.61 Å². The molecule has 1 aromatic heterocycles. The summed E-state index contributed by atoms with van der Waals surface area (Å²) in [5.74, 6) is 0. The van der Waals surface area contributed by atoms with Crippen molar-refractivity contribution in [1.29, 1.82) is 0 Å². The summed E-state index contributed by atoms with van der Waals surface area (Å²) in [5, 5.41) is 12.2. The highest BCUT2D eigenvalue weighted by Gasteiger charge is 2.27. The topological polar surface area (TPSA) is 68.5 Å². The van der Waals surface area contributed by atoms with Gasteiger partial charge in [0.05, 0.1) is 17.5 Å². The van der Waals surface area contributed by atoms with Gasteiger partial charge in [-0.1, -0.05) is 60.2 Å². The predicted octanol–water partition coefficient (Wildman–Crippen LogP) is 4.61. The van der Waals surface area contributed by atoms with E-state index in [1.54, 1.807) is 12.1 Å². The number of aliphatic hydroxyl groups is 1. The fraction of sp³-hybridized carbons (Fsp3) is 0.200. The lowest BCUT2D eigenvalue weighted by molar-refractivity contribution is 0.0785. The predicted molar refractivity (Wildman–Crippen MR) is 122 cm³/mol. The Balaban J connectivity index is 1.66. The van der Waals surface area contributed by atoms with Gasteiger partial charge in [0.2, 0.25) is 0 Å². The first kappa shape index (κ1) is 21.3. The van der Waals surface area contributed by atoms with Crippen LogP contribution < -0.4 is 0 Å². The van der Waals surface area contributed by atoms with Crippen LogP contribution in [0.2, 0.25) is 0 Å². The lowest BCUT2D eigenvalue weighted by atomic mass is 10.0. The number of aliphatic hydroxyl groups excluding tert-OH is 1. The van der Waals surface area contributed by atoms with Crippen molar-refractivity contribution in [3.05, 3.63) is 102 Å². The summed E-state index contributed by atoms with van der Waals surface area (Å²) in [6.45, 7) is 3.56. The Labute approximate surface area is 182 Å². The first-order chi connectivity index (χ1) is 14.9. The molecule has 3 aromatic carbocycles. The van der Waals surface area contributed by atoms with Crippen LogP contribution in [0.15, 0.2) is 90.0 Å². The summed E-state index contributed by atoms with van der Waals surface area (Å²) in [4.78, 5) is 0.0728. The molecular weight excluding hydrogens is 410 g/mol. The van der Waals surface area contributed by atoms with Gasteiger partial charge in [0, 0.05) is 17.1 Å². The van der Waals surface area contributed by atoms with E-state index in [9.17, 15) is 13.5 Å². The van der Waals surface area contributed by atoms with Gasteiger partial charge in [0.25, 0.3) is 10.1 Å². The van der Waals surface area contributed by atoms with E-state index in [1.807, 2.05) is 79.2 Å². The van der Waals surface area contributed by atoms with E-state index in [4.69, 9.17) is 4.18 Å². The fourth-order valence-corrected chi connectivity index (χ4v) is 4.75. The highest BCUT2D eigenvalue weighted by molar-refractivity contribution is 7.86. The molecule has 5 nitrogen and oxygen atoms in total. The van der Waals surface area contributed by atoms with E-state index in [2.05, 4.69) is 0 Å². The Bertz CT molecular complexity index is 1280. The van der Waals surface area contributed by atoms with Crippen LogP contribution in [0.25, 0.3) is 10.9 Å². The van der Waals surface area contributed by atoms with Gasteiger partial charge in [0.15, 0.2) is 0 Å². The normalized spacial score (nSPS) is 13.9. The number of aryl methyl sites for hydroxylation is 2. The number of rotatable bonds is 7. The molecule has 0 saturated heterocycles. The molecule has 2 unspecified atom stereocenters. The van der Waals surface area contributed by atoms with Crippen LogP contribution in [0, 0.1) is 13.8 Å². The second-order valence-electron chi connectivity index (χ2n) is 7.71. The summed E-state index contributed by atoms with van der Waals surface area (Å²) in [6.07, 6.45) is 0.839. The standard InChI is InChI=1S/C25H25NO4S/c1-18-11-13-21(14-12-18)31(28,29)30-17-24(27)25(20-8-4-3-5-9-20)26-16-15-22-19(2)7-6-10-23(22)26/h3-16,24-25,27H,17H2,1-2H3. The average Bonchev–Trinajstić information content (AvgIpc) is 3.19. The van der Waals surface area contributed by atoms with E-state index in [1.165, 1.54) is 12.1 Å². The molecule has 6 heteroatoms. The van der Waals surface area contributed by atoms with Crippen molar-refractivity contribution in [3.63, 3.8) is 0 Å². The first-order valence-corrected chi connectivity index (χ1v) is 11.5. The maximum atomic E-state index is 12.6. The van der Waals surface area contributed by atoms with E-state index in [0.717, 1.165) is 27.6 Å². The number of hydrogen-bond acceptors (Lipinski definition) is 4. The van der Waals surface area contributed by atoms with Gasteiger partial charge < -0.3 is 9.67 Å². The summed E-state index contributed by atoms with van der Waals surface area (Å²) in [5.41, 5.74) is 3.92. The smallest absolute Gasteiger partial charge is 0.297 e. The zero-order valence-electron chi connectivity index (χ0n) is 17.5. The quantitative estimate of drug-likeness (QED) is 0.430. The first-order valence-electron chi connectivity index (χ1n) is 10.1. The van der Waals surface area contributed by atoms with Crippen LogP contribution in [0.1, 0.15) is 22.7 Å². The van der Waals surface area contributed by atoms with Crippen molar-refractivity contribution < 1.29 is 17.7 Å². The third kappa shape index (κ3) is 4.42. The van der Waals surface area contributed by atoms with Crippen LogP contribution in [0.5, 0.6) is 0 Å². The maximum Gasteiger partial charge on any atom is 0.297 e. The molecule has 160 valence electrons. The molecule has 0 aliphatic rings. The van der Waals surface area contributed by atoms with Crippen LogP contribution in [-0.4, -0.2) is 30.8 Å². The molecule has 0 amide bonds. The molecule has 4 aromatic rings. The lowest BCUT2D eigenvalue weighted by Gasteiger charge is -2.26. The van der Waals surface area contributed by atoms with Gasteiger partial charge >= 0.3 is 0 Å². The molecule has 0 bridgehead atoms. The third-order valence-electron chi connectivity index (χ3n) is 5.49. The Morgan fingerprint density at radius 3 is 2.32 bits per heavy atom. The molecule has 0 radical (unpaired) electrons. The van der Waals surface area contributed by atoms with Gasteiger partial charge in [-0.15, -0.1) is 0 Å². The molecule has 4 rings (SSSR count). The number of benzene rings is 3. The molecule has 0 fully saturated rings. The van der Waals surface area contributed by atoms with E-state index in [0.29, 0.717) is 0 Å². The monoisotopic (exact) mass is 435 g/mol. The van der Waals surface area contributed by atoms with E-state index in [-0.39, 0.29) is 11.5 Å². The van der Waals surface area contributed by atoms with Crippen molar-refractivity contribution in [3.8, 4) is 0 Å². The summed E-state index contributed by atoms with van der Waals surface area (Å²) in [7, 11) is -3.98. The van der Waals surface area contributed by atoms with Crippen molar-refractivity contribution in [1.82, 2.24) is 4.57 Å². The zero-order valence-corrected chi connectivity index (χ0v) is 18.3. The van der Waals surface area contributed by atoms with Crippen LogP contribution in [0.4, 0.5) is 0 Å². The summed E-state index contributed by atoms with van der Waals surface area (Å²) in [6, 6.07) is 23.5. The number of aromatic nitrogens is 1. The van der Waals surface area contributed by atoms with Crippen molar-refractivity contribution >= 4 is 21.0 Å². The van der Waals surface area contributed by atoms with Gasteiger partial charge in [-0.25, -0.2) is 0 Å². The molecule has 0 spiro atoms. The molecule has 2 atom stereocenters. The maximum absolute atomic E-state index is 12.6. The molecule has 0 aliphatic heterocycles. The average molecular weight is 436 g/mol. The number of fused-ring (bicyclic) bond motifs is 1. The summed E-state index contributed by atoms with van der Waals surface area (Å²) >= 11 is 0. The van der Waals surface area contributed by atoms with Crippen molar-refractivity contribution in [2.45, 2.75) is 30.9 Å². The molecule has 1 N–H and O–H groups in total. The highest BCUT2D eigenvalue weighted by atomic mass is 32.2. The van der Waals surface area contributed by atoms with Crippen LogP contribution in [-0.2, 0) is 14.3 Å². The molecular formula is C25H25NO4S. The van der Waals surface area contributed by atoms with Crippen LogP contribution >= 0.6 is 0 Å². The SMILES string of the molecule is Cc1ccc(S(=O)(=O)OCC(O)C(c2ccccc2)n2ccc3c(C)cccc32)cc1. The zero-order chi connectivity index (χ0) is 22.0. The largest absolute Gasteiger partial charge is 0.388 e. The Kier molecular flexibility index (Phi) is 5.96. The second kappa shape index (κ2) is 8.67. The van der Waals surface area contributed by atoms with Gasteiger partial charge in [-0.3, -0.25) is 4.18 Å². The van der Waals surface area contributed by atoms with Gasteiger partial charge in [-0.05, 0) is 49.2 Å². The van der Waals surface area contributed by atoms with Gasteiger partial charge in [-0.2, -0.15) is 8.42 Å². The molecule has 1 heterocycles.